The van der Waals surface area contributed by atoms with E-state index in [9.17, 15) is 14.9 Å². The van der Waals surface area contributed by atoms with Crippen LogP contribution < -0.4 is 16.2 Å². The van der Waals surface area contributed by atoms with Crippen LogP contribution in [-0.2, 0) is 0 Å². The van der Waals surface area contributed by atoms with Gasteiger partial charge in [0.1, 0.15) is 5.75 Å². The van der Waals surface area contributed by atoms with E-state index in [0.717, 1.165) is 12.1 Å². The van der Waals surface area contributed by atoms with Crippen LogP contribution in [0.1, 0.15) is 10.4 Å². The molecule has 0 bridgehead atoms. The number of amides is 1. The molecule has 7 nitrogen and oxygen atoms in total. The van der Waals surface area contributed by atoms with Crippen LogP contribution in [0.5, 0.6) is 5.75 Å². The molecule has 7 heteroatoms. The topological polar surface area (TPSA) is 121 Å². The minimum absolute atomic E-state index is 0.00407. The zero-order chi connectivity index (χ0) is 11.6. The van der Waals surface area contributed by atoms with Gasteiger partial charge in [-0.3, -0.25) is 14.9 Å². The molecule has 4 N–H and O–H groups in total. The van der Waals surface area contributed by atoms with Crippen molar-refractivity contribution in [3.63, 3.8) is 0 Å². The van der Waals surface area contributed by atoms with Gasteiger partial charge >= 0.3 is 0 Å². The number of nitro groups is 1. The largest absolute Gasteiger partial charge is 0.494 e. The van der Waals surface area contributed by atoms with Gasteiger partial charge in [0.15, 0.2) is 0 Å². The van der Waals surface area contributed by atoms with Crippen LogP contribution in [-0.4, -0.2) is 17.9 Å². The van der Waals surface area contributed by atoms with Gasteiger partial charge < -0.3 is 16.2 Å². The van der Waals surface area contributed by atoms with E-state index in [1.165, 1.54) is 7.11 Å². The van der Waals surface area contributed by atoms with Crippen molar-refractivity contribution in [1.29, 1.82) is 0 Å². The maximum absolute atomic E-state index is 10.9. The average Bonchev–Trinajstić information content (AvgIpc) is 2.17. The van der Waals surface area contributed by atoms with Gasteiger partial charge in [0.25, 0.3) is 11.6 Å². The van der Waals surface area contributed by atoms with Crippen LogP contribution in [0, 0.1) is 10.1 Å². The Balaban J connectivity index is 3.45. The minimum Gasteiger partial charge on any atom is -0.494 e. The highest BCUT2D eigenvalue weighted by molar-refractivity contribution is 6.00. The lowest BCUT2D eigenvalue weighted by molar-refractivity contribution is -0.384. The van der Waals surface area contributed by atoms with E-state index in [2.05, 4.69) is 0 Å². The Morgan fingerprint density at radius 1 is 1.53 bits per heavy atom. The summed E-state index contributed by atoms with van der Waals surface area (Å²) < 4.78 is 4.79. The Labute approximate surface area is 84.8 Å². The highest BCUT2D eigenvalue weighted by Gasteiger charge is 2.18. The smallest absolute Gasteiger partial charge is 0.274 e. The molecule has 80 valence electrons. The predicted octanol–water partition coefficient (Wildman–Crippen LogP) is 0.284. The highest BCUT2D eigenvalue weighted by Crippen LogP contribution is 2.30. The van der Waals surface area contributed by atoms with Gasteiger partial charge in [-0.15, -0.1) is 0 Å². The van der Waals surface area contributed by atoms with Gasteiger partial charge in [0.05, 0.1) is 29.4 Å². The number of anilines is 1. The molecule has 0 heterocycles. The Morgan fingerprint density at radius 3 is 2.53 bits per heavy atom. The Morgan fingerprint density at radius 2 is 2.13 bits per heavy atom. The van der Waals surface area contributed by atoms with Crippen molar-refractivity contribution in [3.05, 3.63) is 27.8 Å². The molecular formula is C8H9N3O4. The van der Waals surface area contributed by atoms with E-state index in [-0.39, 0.29) is 22.7 Å². The molecule has 1 amide bonds. The molecule has 0 unspecified atom stereocenters. The first-order valence-electron chi connectivity index (χ1n) is 3.89. The fourth-order valence-electron chi connectivity index (χ4n) is 1.09. The lowest BCUT2D eigenvalue weighted by Gasteiger charge is -2.07. The first-order valence-corrected chi connectivity index (χ1v) is 3.89. The third kappa shape index (κ3) is 1.96. The van der Waals surface area contributed by atoms with Crippen LogP contribution in [0.3, 0.4) is 0 Å². The molecule has 0 aliphatic carbocycles. The van der Waals surface area contributed by atoms with Gasteiger partial charge in [0.2, 0.25) is 0 Å². The van der Waals surface area contributed by atoms with Crippen LogP contribution in [0.2, 0.25) is 0 Å². The zero-order valence-electron chi connectivity index (χ0n) is 7.89. The standard InChI is InChI=1S/C8H9N3O4/c1-15-6-3-4(11(13)14)2-5(7(6)9)8(10)12/h2-3H,9H2,1H3,(H2,10,12). The molecular weight excluding hydrogens is 202 g/mol. The number of benzene rings is 1. The summed E-state index contributed by atoms with van der Waals surface area (Å²) in [5.41, 5.74) is 10.1. The predicted molar refractivity (Wildman–Crippen MR) is 52.6 cm³/mol. The number of hydrogen-bond donors (Lipinski definition) is 2. The molecule has 0 spiro atoms. The van der Waals surface area contributed by atoms with Gasteiger partial charge in [-0.25, -0.2) is 0 Å². The lowest BCUT2D eigenvalue weighted by atomic mass is 10.1. The highest BCUT2D eigenvalue weighted by atomic mass is 16.6. The zero-order valence-corrected chi connectivity index (χ0v) is 7.89. The maximum atomic E-state index is 10.9. The SMILES string of the molecule is COc1cc([N+](=O)[O-])cc(C(N)=O)c1N. The lowest BCUT2D eigenvalue weighted by Crippen LogP contribution is -2.14. The Bertz CT molecular complexity index is 430. The second-order valence-corrected chi connectivity index (χ2v) is 2.73. The number of rotatable bonds is 3. The molecule has 0 saturated heterocycles. The summed E-state index contributed by atoms with van der Waals surface area (Å²) in [4.78, 5) is 20.8. The quantitative estimate of drug-likeness (QED) is 0.422. The normalized spacial score (nSPS) is 9.67. The number of nitro benzene ring substituents is 1. The molecule has 1 rings (SSSR count). The molecule has 0 aromatic heterocycles. The number of nitrogens with zero attached hydrogens (tertiary/aromatic N) is 1. The molecule has 0 aliphatic heterocycles. The summed E-state index contributed by atoms with van der Waals surface area (Å²) in [5.74, 6) is -0.785. The number of ether oxygens (including phenoxy) is 1. The second-order valence-electron chi connectivity index (χ2n) is 2.73. The maximum Gasteiger partial charge on any atom is 0.274 e. The van der Waals surface area contributed by atoms with Gasteiger partial charge in [0, 0.05) is 6.07 Å². The third-order valence-electron chi connectivity index (χ3n) is 1.82. The van der Waals surface area contributed by atoms with E-state index in [0.29, 0.717) is 0 Å². The number of carbonyl (C=O) groups excluding carboxylic acids is 1. The summed E-state index contributed by atoms with van der Waals surface area (Å²) in [6, 6.07) is 2.14. The number of primary amides is 1. The van der Waals surface area contributed by atoms with E-state index in [4.69, 9.17) is 16.2 Å². The number of methoxy groups -OCH3 is 1. The number of nitrogen functional groups attached to an aromatic ring is 1. The first kappa shape index (κ1) is 10.8. The second kappa shape index (κ2) is 3.82. The van der Waals surface area contributed by atoms with E-state index < -0.39 is 10.8 Å². The summed E-state index contributed by atoms with van der Waals surface area (Å²) in [7, 11) is 1.29. The molecule has 0 fully saturated rings. The molecule has 1 aromatic rings. The van der Waals surface area contributed by atoms with Crippen molar-refractivity contribution in [2.45, 2.75) is 0 Å². The van der Waals surface area contributed by atoms with Crippen LogP contribution in [0.4, 0.5) is 11.4 Å². The molecule has 1 aromatic carbocycles. The summed E-state index contributed by atoms with van der Waals surface area (Å²) in [5, 5.41) is 10.5. The number of nitrogens with two attached hydrogens (primary N) is 2. The van der Waals surface area contributed by atoms with Crippen molar-refractivity contribution in [1.82, 2.24) is 0 Å². The van der Waals surface area contributed by atoms with Gasteiger partial charge in [-0.05, 0) is 0 Å². The van der Waals surface area contributed by atoms with Gasteiger partial charge in [-0.2, -0.15) is 0 Å². The van der Waals surface area contributed by atoms with Crippen molar-refractivity contribution in [3.8, 4) is 5.75 Å². The Hall–Kier alpha value is -2.31. The number of hydrogen-bond acceptors (Lipinski definition) is 5. The first-order chi connectivity index (χ1) is 6.97. The fraction of sp³-hybridized carbons (Fsp3) is 0.125. The molecule has 15 heavy (non-hydrogen) atoms. The van der Waals surface area contributed by atoms with Gasteiger partial charge in [-0.1, -0.05) is 0 Å². The Kier molecular flexibility index (Phi) is 2.75. The van der Waals surface area contributed by atoms with Crippen molar-refractivity contribution in [2.75, 3.05) is 12.8 Å². The molecule has 0 radical (unpaired) electrons. The molecule has 0 atom stereocenters. The number of carbonyl (C=O) groups is 1. The summed E-state index contributed by atoms with van der Waals surface area (Å²) in [6.45, 7) is 0. The third-order valence-corrected chi connectivity index (χ3v) is 1.82. The average molecular weight is 211 g/mol. The van der Waals surface area contributed by atoms with Crippen LogP contribution in [0.25, 0.3) is 0 Å². The van der Waals surface area contributed by atoms with Crippen molar-refractivity contribution in [2.24, 2.45) is 5.73 Å². The fourth-order valence-corrected chi connectivity index (χ4v) is 1.09. The van der Waals surface area contributed by atoms with Crippen LogP contribution >= 0.6 is 0 Å². The van der Waals surface area contributed by atoms with Crippen LogP contribution in [0.15, 0.2) is 12.1 Å². The number of non-ortho nitro benzene ring substituents is 1. The van der Waals surface area contributed by atoms with E-state index in [1.54, 1.807) is 0 Å². The summed E-state index contributed by atoms with van der Waals surface area (Å²) in [6.07, 6.45) is 0. The molecule has 0 aliphatic rings. The summed E-state index contributed by atoms with van der Waals surface area (Å²) >= 11 is 0. The van der Waals surface area contributed by atoms with Crippen molar-refractivity contribution >= 4 is 17.3 Å². The van der Waals surface area contributed by atoms with Crippen molar-refractivity contribution < 1.29 is 14.5 Å². The monoisotopic (exact) mass is 211 g/mol. The minimum atomic E-state index is -0.838. The molecule has 0 saturated carbocycles. The van der Waals surface area contributed by atoms with E-state index in [1.807, 2.05) is 0 Å². The van der Waals surface area contributed by atoms with E-state index >= 15 is 0 Å².